The van der Waals surface area contributed by atoms with Crippen LogP contribution < -0.4 is 14.2 Å². The fraction of sp³-hybridized carbons (Fsp3) is 0.259. The van der Waals surface area contributed by atoms with Crippen LogP contribution in [0.5, 0.6) is 17.2 Å². The Kier molecular flexibility index (Phi) is 7.46. The number of hydrogen-bond acceptors (Lipinski definition) is 6. The maximum atomic E-state index is 13.5. The second-order valence-corrected chi connectivity index (χ2v) is 8.44. The molecule has 0 radical (unpaired) electrons. The number of ether oxygens (including phenoxy) is 4. The maximum Gasteiger partial charge on any atom is 0.337 e. The summed E-state index contributed by atoms with van der Waals surface area (Å²) in [5.41, 5.74) is 2.93. The lowest BCUT2D eigenvalue weighted by Gasteiger charge is -2.37. The summed E-state index contributed by atoms with van der Waals surface area (Å²) in [6.45, 7) is 0.704. The molecule has 1 atom stereocenters. The van der Waals surface area contributed by atoms with Gasteiger partial charge < -0.3 is 23.8 Å². The Labute approximate surface area is 209 Å². The smallest absolute Gasteiger partial charge is 0.337 e. The van der Waals surface area contributed by atoms with E-state index in [-0.39, 0.29) is 18.6 Å². The number of nitrogens with zero attached hydrogens (tertiary/aromatic N) is 1. The van der Waals surface area contributed by atoms with Crippen molar-refractivity contribution < 1.29 is 28.5 Å². The molecule has 0 saturated carbocycles. The molecule has 0 fully saturated rings. The van der Waals surface area contributed by atoms with Crippen molar-refractivity contribution >= 4 is 23.5 Å². The molecule has 1 aliphatic heterocycles. The van der Waals surface area contributed by atoms with E-state index in [1.807, 2.05) is 12.1 Å². The second-order valence-electron chi connectivity index (χ2n) is 8.01. The van der Waals surface area contributed by atoms with Crippen LogP contribution in [0.2, 0.25) is 5.02 Å². The Balaban J connectivity index is 1.66. The van der Waals surface area contributed by atoms with Crippen molar-refractivity contribution in [3.63, 3.8) is 0 Å². The van der Waals surface area contributed by atoms with E-state index in [1.165, 1.54) is 7.11 Å². The molecule has 35 heavy (non-hydrogen) atoms. The van der Waals surface area contributed by atoms with Crippen molar-refractivity contribution in [2.75, 3.05) is 34.5 Å². The van der Waals surface area contributed by atoms with Crippen LogP contribution in [0.25, 0.3) is 0 Å². The van der Waals surface area contributed by atoms with Gasteiger partial charge in [-0.25, -0.2) is 4.79 Å². The number of benzene rings is 3. The molecular formula is C27H26ClNO6. The molecule has 0 spiro atoms. The molecule has 4 rings (SSSR count). The first-order valence-corrected chi connectivity index (χ1v) is 11.5. The number of carbonyl (C=O) groups excluding carboxylic acids is 2. The van der Waals surface area contributed by atoms with Crippen molar-refractivity contribution in [3.05, 3.63) is 87.9 Å². The van der Waals surface area contributed by atoms with Crippen LogP contribution in [0, 0.1) is 0 Å². The van der Waals surface area contributed by atoms with Crippen molar-refractivity contribution in [1.29, 1.82) is 0 Å². The van der Waals surface area contributed by atoms with Gasteiger partial charge in [0.15, 0.2) is 11.5 Å². The highest BCUT2D eigenvalue weighted by atomic mass is 35.5. The summed E-state index contributed by atoms with van der Waals surface area (Å²) in [7, 11) is 4.51. The van der Waals surface area contributed by atoms with Crippen molar-refractivity contribution in [3.8, 4) is 17.2 Å². The highest BCUT2D eigenvalue weighted by molar-refractivity contribution is 6.30. The van der Waals surface area contributed by atoms with Crippen LogP contribution in [0.3, 0.4) is 0 Å². The van der Waals surface area contributed by atoms with E-state index in [0.29, 0.717) is 46.4 Å². The van der Waals surface area contributed by atoms with Crippen LogP contribution in [-0.2, 0) is 11.2 Å². The van der Waals surface area contributed by atoms with Gasteiger partial charge in [-0.2, -0.15) is 0 Å². The normalized spacial score (nSPS) is 14.6. The van der Waals surface area contributed by atoms with E-state index >= 15 is 0 Å². The fourth-order valence-electron chi connectivity index (χ4n) is 4.22. The first kappa shape index (κ1) is 24.4. The minimum Gasteiger partial charge on any atom is -0.493 e. The Hall–Kier alpha value is -3.71. The van der Waals surface area contributed by atoms with E-state index in [0.717, 1.165) is 11.1 Å². The molecule has 3 aromatic rings. The molecule has 1 aliphatic rings. The van der Waals surface area contributed by atoms with Gasteiger partial charge in [-0.05, 0) is 72.1 Å². The number of hydrogen-bond donors (Lipinski definition) is 0. The van der Waals surface area contributed by atoms with Crippen molar-refractivity contribution in [1.82, 2.24) is 4.90 Å². The van der Waals surface area contributed by atoms with Crippen LogP contribution in [-0.4, -0.2) is 51.3 Å². The summed E-state index contributed by atoms with van der Waals surface area (Å²) in [5.74, 6) is 1.23. The number of methoxy groups -OCH3 is 3. The average molecular weight is 496 g/mol. The van der Waals surface area contributed by atoms with Gasteiger partial charge in [-0.15, -0.1) is 0 Å². The third-order valence-electron chi connectivity index (χ3n) is 6.02. The minimum absolute atomic E-state index is 0.137. The summed E-state index contributed by atoms with van der Waals surface area (Å²) < 4.78 is 21.8. The van der Waals surface area contributed by atoms with Crippen molar-refractivity contribution in [2.45, 2.75) is 12.5 Å². The van der Waals surface area contributed by atoms with Gasteiger partial charge in [0.1, 0.15) is 12.4 Å². The molecule has 0 bridgehead atoms. The Morgan fingerprint density at radius 2 is 1.66 bits per heavy atom. The summed E-state index contributed by atoms with van der Waals surface area (Å²) in [4.78, 5) is 27.0. The number of carbonyl (C=O) groups is 2. The number of esters is 1. The fourth-order valence-corrected chi connectivity index (χ4v) is 4.41. The van der Waals surface area contributed by atoms with E-state index in [9.17, 15) is 9.59 Å². The first-order valence-electron chi connectivity index (χ1n) is 11.1. The van der Waals surface area contributed by atoms with Gasteiger partial charge in [0.25, 0.3) is 5.91 Å². The lowest BCUT2D eigenvalue weighted by Crippen LogP contribution is -2.42. The maximum absolute atomic E-state index is 13.5. The molecule has 3 aromatic carbocycles. The largest absolute Gasteiger partial charge is 0.493 e. The monoisotopic (exact) mass is 495 g/mol. The van der Waals surface area contributed by atoms with Crippen LogP contribution in [0.4, 0.5) is 0 Å². The van der Waals surface area contributed by atoms with Crippen LogP contribution in [0.1, 0.15) is 37.9 Å². The topological polar surface area (TPSA) is 74.3 Å². The van der Waals surface area contributed by atoms with E-state index in [2.05, 4.69) is 0 Å². The standard InChI is InChI=1S/C27H26ClNO6/c1-32-24-14-18-11-12-29(26(30)19-5-4-6-20(28)13-19)23(22(18)15-25(24)33-2)16-35-21-9-7-17(8-10-21)27(31)34-3/h4-10,13-15,23H,11-12,16H2,1-3H3. The first-order chi connectivity index (χ1) is 16.9. The molecule has 182 valence electrons. The van der Waals surface area contributed by atoms with Gasteiger partial charge >= 0.3 is 5.97 Å². The molecule has 0 aliphatic carbocycles. The third-order valence-corrected chi connectivity index (χ3v) is 6.25. The molecular weight excluding hydrogens is 470 g/mol. The third kappa shape index (κ3) is 5.20. The average Bonchev–Trinajstić information content (AvgIpc) is 2.90. The summed E-state index contributed by atoms with van der Waals surface area (Å²) in [6.07, 6.45) is 0.659. The predicted molar refractivity (Wildman–Crippen MR) is 132 cm³/mol. The van der Waals surface area contributed by atoms with E-state index in [1.54, 1.807) is 67.7 Å². The second kappa shape index (κ2) is 10.7. The number of rotatable bonds is 7. The lowest BCUT2D eigenvalue weighted by atomic mass is 9.91. The van der Waals surface area contributed by atoms with Crippen molar-refractivity contribution in [2.24, 2.45) is 0 Å². The lowest BCUT2D eigenvalue weighted by molar-refractivity contribution is 0.0583. The molecule has 1 unspecified atom stereocenters. The summed E-state index contributed by atoms with van der Waals surface area (Å²) in [5, 5.41) is 0.498. The predicted octanol–water partition coefficient (Wildman–Crippen LogP) is 4.96. The number of amides is 1. The zero-order chi connectivity index (χ0) is 24.9. The molecule has 0 N–H and O–H groups in total. The number of fused-ring (bicyclic) bond motifs is 1. The summed E-state index contributed by atoms with van der Waals surface area (Å²) >= 11 is 6.15. The molecule has 0 aromatic heterocycles. The highest BCUT2D eigenvalue weighted by Gasteiger charge is 2.33. The van der Waals surface area contributed by atoms with Crippen LogP contribution in [0.15, 0.2) is 60.7 Å². The van der Waals surface area contributed by atoms with Gasteiger partial charge in [0.05, 0.1) is 32.9 Å². The molecule has 1 heterocycles. The summed E-state index contributed by atoms with van der Waals surface area (Å²) in [6, 6.07) is 17.1. The molecule has 0 saturated heterocycles. The molecule has 7 nitrogen and oxygen atoms in total. The van der Waals surface area contributed by atoms with Gasteiger partial charge in [0, 0.05) is 17.1 Å². The molecule has 8 heteroatoms. The Bertz CT molecular complexity index is 1230. The quantitative estimate of drug-likeness (QED) is 0.431. The SMILES string of the molecule is COC(=O)c1ccc(OCC2c3cc(OC)c(OC)cc3CCN2C(=O)c2cccc(Cl)c2)cc1. The zero-order valence-electron chi connectivity index (χ0n) is 19.7. The molecule has 1 amide bonds. The highest BCUT2D eigenvalue weighted by Crippen LogP contribution is 2.39. The number of halogens is 1. The zero-order valence-corrected chi connectivity index (χ0v) is 20.5. The van der Waals surface area contributed by atoms with Gasteiger partial charge in [-0.3, -0.25) is 4.79 Å². The van der Waals surface area contributed by atoms with Crippen LogP contribution >= 0.6 is 11.6 Å². The van der Waals surface area contributed by atoms with Gasteiger partial charge in [0.2, 0.25) is 0 Å². The van der Waals surface area contributed by atoms with Gasteiger partial charge in [-0.1, -0.05) is 17.7 Å². The van der Waals surface area contributed by atoms with E-state index in [4.69, 9.17) is 30.5 Å². The Morgan fingerprint density at radius 1 is 0.943 bits per heavy atom. The minimum atomic E-state index is -0.419. The van der Waals surface area contributed by atoms with E-state index < -0.39 is 5.97 Å². The Morgan fingerprint density at radius 3 is 2.31 bits per heavy atom.